The number of hydrogen-bond donors (Lipinski definition) is 0. The van der Waals surface area contributed by atoms with E-state index in [9.17, 15) is 9.18 Å². The highest BCUT2D eigenvalue weighted by molar-refractivity contribution is 5.81. The van der Waals surface area contributed by atoms with E-state index in [-0.39, 0.29) is 29.8 Å². The van der Waals surface area contributed by atoms with Crippen LogP contribution < -0.4 is 0 Å². The Morgan fingerprint density at radius 3 is 2.82 bits per heavy atom. The quantitative estimate of drug-likeness (QED) is 0.792. The molecule has 1 aromatic carbocycles. The number of carbonyl (C=O) groups is 1. The van der Waals surface area contributed by atoms with Gasteiger partial charge in [-0.2, -0.15) is 5.10 Å². The second-order valence-electron chi connectivity index (χ2n) is 7.66. The smallest absolute Gasteiger partial charge is 0.252 e. The molecule has 0 radical (unpaired) electrons. The monoisotopic (exact) mass is 386 g/mol. The van der Waals surface area contributed by atoms with E-state index in [0.29, 0.717) is 26.2 Å². The molecule has 0 N–H and O–H groups in total. The number of rotatable bonds is 5. The van der Waals surface area contributed by atoms with E-state index in [2.05, 4.69) is 16.9 Å². The van der Waals surface area contributed by atoms with Crippen molar-refractivity contribution in [3.05, 3.63) is 54.1 Å². The Bertz CT molecular complexity index is 789. The van der Waals surface area contributed by atoms with Gasteiger partial charge < -0.3 is 9.64 Å². The van der Waals surface area contributed by atoms with Gasteiger partial charge in [-0.3, -0.25) is 14.4 Å². The number of nitrogens with zero attached hydrogens (tertiary/aromatic N) is 4. The van der Waals surface area contributed by atoms with E-state index in [1.807, 2.05) is 27.9 Å². The summed E-state index contributed by atoms with van der Waals surface area (Å²) in [4.78, 5) is 17.3. The Morgan fingerprint density at radius 1 is 1.29 bits per heavy atom. The zero-order valence-electron chi connectivity index (χ0n) is 16.2. The van der Waals surface area contributed by atoms with Gasteiger partial charge in [-0.05, 0) is 37.1 Å². The largest absolute Gasteiger partial charge is 0.368 e. The SMILES string of the molecule is CC(c1cccc(F)c1)N1CCN(C(=O)[C@@H]2OCC[C@@H]2Cn2cccn2)CC1. The molecule has 3 atom stereocenters. The predicted molar refractivity (Wildman–Crippen MR) is 103 cm³/mol. The van der Waals surface area contributed by atoms with Gasteiger partial charge in [0.05, 0.1) is 0 Å². The molecule has 1 unspecified atom stereocenters. The van der Waals surface area contributed by atoms with Crippen LogP contribution in [0, 0.1) is 11.7 Å². The number of aromatic nitrogens is 2. The van der Waals surface area contributed by atoms with Crippen LogP contribution in [0.5, 0.6) is 0 Å². The molecule has 2 aliphatic rings. The van der Waals surface area contributed by atoms with Gasteiger partial charge in [-0.15, -0.1) is 0 Å². The van der Waals surface area contributed by atoms with Crippen molar-refractivity contribution >= 4 is 5.91 Å². The van der Waals surface area contributed by atoms with Crippen LogP contribution in [0.1, 0.15) is 24.9 Å². The topological polar surface area (TPSA) is 50.6 Å². The molecule has 0 saturated carbocycles. The Labute approximate surface area is 164 Å². The lowest BCUT2D eigenvalue weighted by atomic mass is 10.00. The highest BCUT2D eigenvalue weighted by atomic mass is 19.1. The minimum absolute atomic E-state index is 0.0905. The third kappa shape index (κ3) is 4.10. The van der Waals surface area contributed by atoms with Crippen molar-refractivity contribution in [2.24, 2.45) is 5.92 Å². The van der Waals surface area contributed by atoms with Crippen molar-refractivity contribution in [2.45, 2.75) is 32.0 Å². The molecule has 0 spiro atoms. The second-order valence-corrected chi connectivity index (χ2v) is 7.66. The number of ether oxygens (including phenoxy) is 1. The summed E-state index contributed by atoms with van der Waals surface area (Å²) in [5, 5.41) is 4.25. The van der Waals surface area contributed by atoms with E-state index >= 15 is 0 Å². The zero-order valence-corrected chi connectivity index (χ0v) is 16.2. The number of benzene rings is 1. The first-order chi connectivity index (χ1) is 13.6. The van der Waals surface area contributed by atoms with Crippen LogP contribution in [0.25, 0.3) is 0 Å². The van der Waals surface area contributed by atoms with Gasteiger partial charge in [0, 0.05) is 63.7 Å². The molecular formula is C21H27FN4O2. The molecule has 3 heterocycles. The summed E-state index contributed by atoms with van der Waals surface area (Å²) in [6.07, 6.45) is 4.18. The first-order valence-electron chi connectivity index (χ1n) is 9.99. The zero-order chi connectivity index (χ0) is 19.5. The minimum Gasteiger partial charge on any atom is -0.368 e. The molecule has 28 heavy (non-hydrogen) atoms. The van der Waals surface area contributed by atoms with Crippen molar-refractivity contribution in [2.75, 3.05) is 32.8 Å². The van der Waals surface area contributed by atoms with Crippen LogP contribution in [0.15, 0.2) is 42.7 Å². The molecule has 2 fully saturated rings. The molecular weight excluding hydrogens is 359 g/mol. The number of amides is 1. The van der Waals surface area contributed by atoms with E-state index in [0.717, 1.165) is 25.1 Å². The normalized spacial score (nSPS) is 24.4. The fourth-order valence-corrected chi connectivity index (χ4v) is 4.23. The van der Waals surface area contributed by atoms with Gasteiger partial charge in [0.1, 0.15) is 11.9 Å². The fraction of sp³-hybridized carbons (Fsp3) is 0.524. The summed E-state index contributed by atoms with van der Waals surface area (Å²) in [6.45, 7) is 6.32. The van der Waals surface area contributed by atoms with Crippen molar-refractivity contribution in [1.29, 1.82) is 0 Å². The van der Waals surface area contributed by atoms with Crippen molar-refractivity contribution in [1.82, 2.24) is 19.6 Å². The lowest BCUT2D eigenvalue weighted by Gasteiger charge is -2.39. The van der Waals surface area contributed by atoms with Crippen LogP contribution in [0.2, 0.25) is 0 Å². The van der Waals surface area contributed by atoms with E-state index in [1.165, 1.54) is 6.07 Å². The summed E-state index contributed by atoms with van der Waals surface area (Å²) >= 11 is 0. The third-order valence-corrected chi connectivity index (χ3v) is 5.94. The predicted octanol–water partition coefficient (Wildman–Crippen LogP) is 2.33. The Kier molecular flexibility index (Phi) is 5.73. The van der Waals surface area contributed by atoms with Gasteiger partial charge in [0.2, 0.25) is 0 Å². The maximum Gasteiger partial charge on any atom is 0.252 e. The van der Waals surface area contributed by atoms with Crippen molar-refractivity contribution in [3.63, 3.8) is 0 Å². The van der Waals surface area contributed by atoms with E-state index < -0.39 is 0 Å². The van der Waals surface area contributed by atoms with Gasteiger partial charge in [-0.1, -0.05) is 12.1 Å². The third-order valence-electron chi connectivity index (χ3n) is 5.94. The van der Waals surface area contributed by atoms with Crippen LogP contribution in [-0.2, 0) is 16.1 Å². The van der Waals surface area contributed by atoms with Crippen molar-refractivity contribution in [3.8, 4) is 0 Å². The van der Waals surface area contributed by atoms with Gasteiger partial charge in [0.15, 0.2) is 0 Å². The molecule has 2 aliphatic heterocycles. The van der Waals surface area contributed by atoms with Gasteiger partial charge in [-0.25, -0.2) is 4.39 Å². The van der Waals surface area contributed by atoms with Crippen LogP contribution in [0.3, 0.4) is 0 Å². The maximum atomic E-state index is 13.5. The molecule has 7 heteroatoms. The van der Waals surface area contributed by atoms with Crippen LogP contribution in [0.4, 0.5) is 4.39 Å². The molecule has 0 aliphatic carbocycles. The average molecular weight is 386 g/mol. The number of carbonyl (C=O) groups excluding carboxylic acids is 1. The first-order valence-corrected chi connectivity index (χ1v) is 9.99. The summed E-state index contributed by atoms with van der Waals surface area (Å²) in [7, 11) is 0. The van der Waals surface area contributed by atoms with Crippen LogP contribution in [-0.4, -0.2) is 64.4 Å². The standard InChI is InChI=1S/C21H27FN4O2/c1-16(17-4-2-5-19(22)14-17)24-9-11-25(12-10-24)21(27)20-18(6-13-28-20)15-26-8-3-7-23-26/h2-5,7-8,14,16,18,20H,6,9-13,15H2,1H3/t16?,18-,20-/m1/s1. The lowest BCUT2D eigenvalue weighted by molar-refractivity contribution is -0.145. The fourth-order valence-electron chi connectivity index (χ4n) is 4.23. The van der Waals surface area contributed by atoms with Gasteiger partial charge in [0.25, 0.3) is 5.91 Å². The summed E-state index contributed by atoms with van der Waals surface area (Å²) < 4.78 is 21.2. The lowest BCUT2D eigenvalue weighted by Crippen LogP contribution is -2.52. The highest BCUT2D eigenvalue weighted by Gasteiger charge is 2.38. The van der Waals surface area contributed by atoms with E-state index in [1.54, 1.807) is 18.3 Å². The molecule has 150 valence electrons. The average Bonchev–Trinajstić information content (AvgIpc) is 3.39. The number of piperazine rings is 1. The Balaban J connectivity index is 1.33. The number of halogens is 1. The molecule has 2 aromatic rings. The molecule has 4 rings (SSSR count). The summed E-state index contributed by atoms with van der Waals surface area (Å²) in [5.74, 6) is 0.0455. The van der Waals surface area contributed by atoms with Crippen molar-refractivity contribution < 1.29 is 13.9 Å². The highest BCUT2D eigenvalue weighted by Crippen LogP contribution is 2.26. The Hall–Kier alpha value is -2.25. The molecule has 1 amide bonds. The maximum absolute atomic E-state index is 13.5. The molecule has 2 saturated heterocycles. The summed E-state index contributed by atoms with van der Waals surface area (Å²) in [5.41, 5.74) is 0.971. The molecule has 0 bridgehead atoms. The van der Waals surface area contributed by atoms with E-state index in [4.69, 9.17) is 4.74 Å². The molecule has 6 nitrogen and oxygen atoms in total. The Morgan fingerprint density at radius 2 is 2.11 bits per heavy atom. The summed E-state index contributed by atoms with van der Waals surface area (Å²) in [6, 6.07) is 8.78. The van der Waals surface area contributed by atoms with Crippen LogP contribution >= 0.6 is 0 Å². The first kappa shape index (κ1) is 19.1. The molecule has 1 aromatic heterocycles. The number of hydrogen-bond acceptors (Lipinski definition) is 4. The minimum atomic E-state index is -0.378. The van der Waals surface area contributed by atoms with Gasteiger partial charge >= 0.3 is 0 Å². The second kappa shape index (κ2) is 8.41.